The van der Waals surface area contributed by atoms with Crippen LogP contribution >= 0.6 is 0 Å². The summed E-state index contributed by atoms with van der Waals surface area (Å²) in [6, 6.07) is 6.21. The average Bonchev–Trinajstić information content (AvgIpc) is 2.70. The number of nitrogens with zero attached hydrogens (tertiary/aromatic N) is 2. The third-order valence-corrected chi connectivity index (χ3v) is 4.07. The SMILES string of the molecule is COC(=O)c1ccn2c(=O)c(-c3ccc(OCC(F)(F)F)cc3)c(C(F)(F)F)nc2c1. The van der Waals surface area contributed by atoms with Crippen molar-refractivity contribution in [2.45, 2.75) is 12.4 Å². The molecule has 0 N–H and O–H groups in total. The predicted octanol–water partition coefficient (Wildman–Crippen LogP) is 4.11. The van der Waals surface area contributed by atoms with Crippen LogP contribution in [-0.4, -0.2) is 35.2 Å². The first-order valence-corrected chi connectivity index (χ1v) is 8.42. The summed E-state index contributed by atoms with van der Waals surface area (Å²) in [5.74, 6) is -1.07. The first-order chi connectivity index (χ1) is 14.4. The Morgan fingerprint density at radius 1 is 1.06 bits per heavy atom. The molecule has 3 aromatic rings. The van der Waals surface area contributed by atoms with Crippen LogP contribution in [0.1, 0.15) is 16.1 Å². The topological polar surface area (TPSA) is 69.9 Å². The molecule has 0 bridgehead atoms. The van der Waals surface area contributed by atoms with E-state index in [2.05, 4.69) is 14.5 Å². The lowest BCUT2D eigenvalue weighted by Crippen LogP contribution is -2.24. The number of pyridine rings is 1. The monoisotopic (exact) mass is 446 g/mol. The molecule has 0 atom stereocenters. The first kappa shape index (κ1) is 22.1. The Kier molecular flexibility index (Phi) is 5.66. The van der Waals surface area contributed by atoms with E-state index in [0.29, 0.717) is 0 Å². The Morgan fingerprint density at radius 3 is 2.26 bits per heavy atom. The second kappa shape index (κ2) is 7.93. The maximum atomic E-state index is 13.6. The molecule has 0 radical (unpaired) electrons. The van der Waals surface area contributed by atoms with Gasteiger partial charge in [0, 0.05) is 6.20 Å². The van der Waals surface area contributed by atoms with Gasteiger partial charge in [0.15, 0.2) is 12.3 Å². The van der Waals surface area contributed by atoms with Gasteiger partial charge in [0.2, 0.25) is 0 Å². The molecule has 1 aromatic carbocycles. The molecule has 31 heavy (non-hydrogen) atoms. The van der Waals surface area contributed by atoms with E-state index in [4.69, 9.17) is 0 Å². The molecule has 164 valence electrons. The minimum atomic E-state index is -5.03. The largest absolute Gasteiger partial charge is 0.484 e. The van der Waals surface area contributed by atoms with E-state index in [1.54, 1.807) is 0 Å². The van der Waals surface area contributed by atoms with E-state index in [1.807, 2.05) is 0 Å². The number of methoxy groups -OCH3 is 1. The smallest absolute Gasteiger partial charge is 0.434 e. The second-order valence-electron chi connectivity index (χ2n) is 6.20. The fraction of sp³-hybridized carbons (Fsp3) is 0.211. The van der Waals surface area contributed by atoms with E-state index >= 15 is 0 Å². The van der Waals surface area contributed by atoms with Crippen molar-refractivity contribution in [2.75, 3.05) is 13.7 Å². The van der Waals surface area contributed by atoms with Gasteiger partial charge < -0.3 is 9.47 Å². The summed E-state index contributed by atoms with van der Waals surface area (Å²) in [6.45, 7) is -1.58. The molecule has 0 unspecified atom stereocenters. The molecule has 0 saturated carbocycles. The van der Waals surface area contributed by atoms with Gasteiger partial charge in [-0.15, -0.1) is 0 Å². The van der Waals surface area contributed by atoms with Gasteiger partial charge >= 0.3 is 18.3 Å². The second-order valence-corrected chi connectivity index (χ2v) is 6.20. The van der Waals surface area contributed by atoms with Crippen LogP contribution in [0, 0.1) is 0 Å². The number of aromatic nitrogens is 2. The minimum absolute atomic E-state index is 0.110. The summed E-state index contributed by atoms with van der Waals surface area (Å²) in [6.07, 6.45) is -8.55. The van der Waals surface area contributed by atoms with Gasteiger partial charge in [-0.05, 0) is 29.8 Å². The summed E-state index contributed by atoms with van der Waals surface area (Å²) in [5, 5.41) is 0. The Labute approximate surface area is 169 Å². The molecule has 6 nitrogen and oxygen atoms in total. The summed E-state index contributed by atoms with van der Waals surface area (Å²) in [4.78, 5) is 27.9. The zero-order valence-corrected chi connectivity index (χ0v) is 15.5. The molecule has 0 aliphatic heterocycles. The highest BCUT2D eigenvalue weighted by Crippen LogP contribution is 2.35. The number of alkyl halides is 6. The lowest BCUT2D eigenvalue weighted by molar-refractivity contribution is -0.153. The number of hydrogen-bond acceptors (Lipinski definition) is 5. The number of carbonyl (C=O) groups excluding carboxylic acids is 1. The van der Waals surface area contributed by atoms with Crippen LogP contribution in [0.4, 0.5) is 26.3 Å². The first-order valence-electron chi connectivity index (χ1n) is 8.42. The normalized spacial score (nSPS) is 12.1. The van der Waals surface area contributed by atoms with Gasteiger partial charge in [0.05, 0.1) is 18.2 Å². The van der Waals surface area contributed by atoms with Crippen molar-refractivity contribution in [3.8, 4) is 16.9 Å². The number of hydrogen-bond donors (Lipinski definition) is 0. The van der Waals surface area contributed by atoms with E-state index < -0.39 is 47.4 Å². The maximum absolute atomic E-state index is 13.6. The third-order valence-electron chi connectivity index (χ3n) is 4.07. The quantitative estimate of drug-likeness (QED) is 0.446. The molecule has 2 aromatic heterocycles. The van der Waals surface area contributed by atoms with Gasteiger partial charge in [0.25, 0.3) is 5.56 Å². The van der Waals surface area contributed by atoms with Crippen molar-refractivity contribution in [1.82, 2.24) is 9.38 Å². The fourth-order valence-electron chi connectivity index (χ4n) is 2.73. The molecule has 0 amide bonds. The van der Waals surface area contributed by atoms with Crippen molar-refractivity contribution in [3.05, 3.63) is 64.2 Å². The highest BCUT2D eigenvalue weighted by Gasteiger charge is 2.38. The Balaban J connectivity index is 2.14. The van der Waals surface area contributed by atoms with E-state index in [1.165, 1.54) is 6.07 Å². The van der Waals surface area contributed by atoms with Gasteiger partial charge in [-0.3, -0.25) is 9.20 Å². The Bertz CT molecular complexity index is 1180. The van der Waals surface area contributed by atoms with Crippen LogP contribution in [0.2, 0.25) is 0 Å². The van der Waals surface area contributed by atoms with Crippen molar-refractivity contribution >= 4 is 11.6 Å². The molecule has 0 spiro atoms. The predicted molar refractivity (Wildman–Crippen MR) is 94.8 cm³/mol. The highest BCUT2D eigenvalue weighted by atomic mass is 19.4. The van der Waals surface area contributed by atoms with Crippen LogP contribution in [0.5, 0.6) is 5.75 Å². The maximum Gasteiger partial charge on any atom is 0.434 e. The molecule has 2 heterocycles. The zero-order chi connectivity index (χ0) is 23.0. The van der Waals surface area contributed by atoms with Crippen molar-refractivity contribution in [1.29, 1.82) is 0 Å². The molecule has 0 aliphatic carbocycles. The van der Waals surface area contributed by atoms with E-state index in [9.17, 15) is 35.9 Å². The van der Waals surface area contributed by atoms with Crippen molar-refractivity contribution in [3.63, 3.8) is 0 Å². The van der Waals surface area contributed by atoms with Crippen LogP contribution < -0.4 is 10.3 Å². The fourth-order valence-corrected chi connectivity index (χ4v) is 2.73. The van der Waals surface area contributed by atoms with Crippen LogP contribution in [-0.2, 0) is 10.9 Å². The van der Waals surface area contributed by atoms with Gasteiger partial charge in [-0.1, -0.05) is 12.1 Å². The number of ether oxygens (including phenoxy) is 2. The summed E-state index contributed by atoms with van der Waals surface area (Å²) in [5.41, 5.74) is -4.18. The molecule has 3 rings (SSSR count). The minimum Gasteiger partial charge on any atom is -0.484 e. The number of benzene rings is 1. The lowest BCUT2D eigenvalue weighted by Gasteiger charge is -2.14. The van der Waals surface area contributed by atoms with Crippen molar-refractivity contribution in [2.24, 2.45) is 0 Å². The third kappa shape index (κ3) is 4.78. The van der Waals surface area contributed by atoms with Crippen LogP contribution in [0.3, 0.4) is 0 Å². The highest BCUT2D eigenvalue weighted by molar-refractivity contribution is 5.90. The van der Waals surface area contributed by atoms with E-state index in [-0.39, 0.29) is 16.9 Å². The van der Waals surface area contributed by atoms with E-state index in [0.717, 1.165) is 48.0 Å². The van der Waals surface area contributed by atoms with Gasteiger partial charge in [0.1, 0.15) is 11.4 Å². The molecule has 0 fully saturated rings. The van der Waals surface area contributed by atoms with Crippen molar-refractivity contribution < 1.29 is 40.6 Å². The zero-order valence-electron chi connectivity index (χ0n) is 15.5. The van der Waals surface area contributed by atoms with Crippen LogP contribution in [0.15, 0.2) is 47.4 Å². The summed E-state index contributed by atoms with van der Waals surface area (Å²) < 4.78 is 87.5. The number of rotatable bonds is 4. The Morgan fingerprint density at radius 2 is 1.71 bits per heavy atom. The number of esters is 1. The summed E-state index contributed by atoms with van der Waals surface area (Å²) >= 11 is 0. The number of halogens is 6. The van der Waals surface area contributed by atoms with Crippen LogP contribution in [0.25, 0.3) is 16.8 Å². The number of carbonyl (C=O) groups is 1. The molecule has 0 saturated heterocycles. The van der Waals surface area contributed by atoms with Gasteiger partial charge in [-0.2, -0.15) is 26.3 Å². The number of fused-ring (bicyclic) bond motifs is 1. The molecule has 0 aliphatic rings. The molecular weight excluding hydrogens is 434 g/mol. The lowest BCUT2D eigenvalue weighted by atomic mass is 10.0. The Hall–Kier alpha value is -3.57. The summed E-state index contributed by atoms with van der Waals surface area (Å²) in [7, 11) is 1.08. The standard InChI is InChI=1S/C19H12F6N2O4/c1-30-17(29)11-6-7-27-13(8-11)26-15(19(23,24)25)14(16(27)28)10-2-4-12(5-3-10)31-9-18(20,21)22/h2-8H,9H2,1H3. The van der Waals surface area contributed by atoms with Gasteiger partial charge in [-0.25, -0.2) is 9.78 Å². The molecule has 12 heteroatoms. The molecular formula is C19H12F6N2O4. The average molecular weight is 446 g/mol.